The first-order valence-corrected chi connectivity index (χ1v) is 3.20. The number of rotatable bonds is 0. The summed E-state index contributed by atoms with van der Waals surface area (Å²) in [6, 6.07) is 0. The van der Waals surface area contributed by atoms with Gasteiger partial charge in [-0.15, -0.1) is 9.24 Å². The highest BCUT2D eigenvalue weighted by Crippen LogP contribution is 2.21. The van der Waals surface area contributed by atoms with Crippen molar-refractivity contribution in [3.63, 3.8) is 0 Å². The summed E-state index contributed by atoms with van der Waals surface area (Å²) >= 11 is 0. The van der Waals surface area contributed by atoms with Gasteiger partial charge in [0.15, 0.2) is 0 Å². The SMILES string of the molecule is C=C1C=CCC=C1P. The normalized spacial score (nSPS) is 18.6. The molecule has 0 N–H and O–H groups in total. The molecular formula is C7H9P. The summed E-state index contributed by atoms with van der Waals surface area (Å²) in [4.78, 5) is 0. The fourth-order valence-electron chi connectivity index (χ4n) is 0.633. The molecule has 0 nitrogen and oxygen atoms in total. The topological polar surface area (TPSA) is 0 Å². The Balaban J connectivity index is 2.78. The minimum Gasteiger partial charge on any atom is -0.105 e. The van der Waals surface area contributed by atoms with Gasteiger partial charge in [-0.05, 0) is 17.3 Å². The molecule has 1 rings (SSSR count). The first-order chi connectivity index (χ1) is 3.80. The van der Waals surface area contributed by atoms with E-state index in [9.17, 15) is 0 Å². The predicted molar refractivity (Wildman–Crippen MR) is 40.7 cm³/mol. The number of hydrogen-bond acceptors (Lipinski definition) is 0. The first-order valence-electron chi connectivity index (χ1n) is 2.62. The molecule has 0 heterocycles. The van der Waals surface area contributed by atoms with Crippen LogP contribution in [-0.2, 0) is 0 Å². The van der Waals surface area contributed by atoms with Gasteiger partial charge < -0.3 is 0 Å². The smallest absolute Gasteiger partial charge is 0.0156 e. The lowest BCUT2D eigenvalue weighted by molar-refractivity contribution is 1.33. The van der Waals surface area contributed by atoms with Gasteiger partial charge in [0.1, 0.15) is 0 Å². The standard InChI is InChI=1S/C7H9P/c1-6-4-2-3-5-7(6)8/h2,4-5H,1,3,8H2. The lowest BCUT2D eigenvalue weighted by Gasteiger charge is -2.02. The second kappa shape index (κ2) is 2.28. The van der Waals surface area contributed by atoms with Crippen molar-refractivity contribution in [2.45, 2.75) is 6.42 Å². The van der Waals surface area contributed by atoms with Crippen LogP contribution >= 0.6 is 9.24 Å². The lowest BCUT2D eigenvalue weighted by atomic mass is 10.1. The highest BCUT2D eigenvalue weighted by Gasteiger charge is 1.93. The molecular weight excluding hydrogens is 115 g/mol. The van der Waals surface area contributed by atoms with Crippen molar-refractivity contribution in [3.05, 3.63) is 35.7 Å². The van der Waals surface area contributed by atoms with Gasteiger partial charge in [-0.25, -0.2) is 0 Å². The molecule has 0 bridgehead atoms. The third kappa shape index (κ3) is 1.08. The van der Waals surface area contributed by atoms with E-state index in [-0.39, 0.29) is 0 Å². The quantitative estimate of drug-likeness (QED) is 0.434. The first kappa shape index (κ1) is 5.78. The van der Waals surface area contributed by atoms with Gasteiger partial charge in [-0.2, -0.15) is 0 Å². The molecule has 0 aliphatic heterocycles. The Hall–Kier alpha value is -0.350. The second-order valence-electron chi connectivity index (χ2n) is 1.82. The van der Waals surface area contributed by atoms with Gasteiger partial charge in [-0.1, -0.05) is 24.8 Å². The largest absolute Gasteiger partial charge is 0.105 e. The Labute approximate surface area is 52.2 Å². The fourth-order valence-corrected chi connectivity index (χ4v) is 0.865. The van der Waals surface area contributed by atoms with Crippen LogP contribution in [0.15, 0.2) is 35.7 Å². The summed E-state index contributed by atoms with van der Waals surface area (Å²) in [6.45, 7) is 3.82. The van der Waals surface area contributed by atoms with E-state index in [1.165, 1.54) is 5.31 Å². The maximum atomic E-state index is 3.82. The molecule has 1 aliphatic rings. The predicted octanol–water partition coefficient (Wildman–Crippen LogP) is 2.26. The Kier molecular flexibility index (Phi) is 1.65. The summed E-state index contributed by atoms with van der Waals surface area (Å²) in [5.41, 5.74) is 1.11. The highest BCUT2D eigenvalue weighted by atomic mass is 31.0. The van der Waals surface area contributed by atoms with Crippen molar-refractivity contribution in [1.82, 2.24) is 0 Å². The average Bonchev–Trinajstić information content (AvgIpc) is 1.77. The molecule has 0 aromatic heterocycles. The molecule has 0 amide bonds. The van der Waals surface area contributed by atoms with E-state index in [0.717, 1.165) is 12.0 Å². The van der Waals surface area contributed by atoms with Crippen LogP contribution in [0.1, 0.15) is 6.42 Å². The molecule has 0 saturated heterocycles. The van der Waals surface area contributed by atoms with Crippen LogP contribution in [0.3, 0.4) is 0 Å². The summed E-state index contributed by atoms with van der Waals surface area (Å²) in [7, 11) is 2.66. The minimum absolute atomic E-state index is 1.05. The van der Waals surface area contributed by atoms with Crippen molar-refractivity contribution in [1.29, 1.82) is 0 Å². The van der Waals surface area contributed by atoms with Crippen molar-refractivity contribution in [3.8, 4) is 0 Å². The number of allylic oxidation sites excluding steroid dienone is 5. The van der Waals surface area contributed by atoms with E-state index in [4.69, 9.17) is 0 Å². The van der Waals surface area contributed by atoms with Crippen LogP contribution in [0.5, 0.6) is 0 Å². The Morgan fingerprint density at radius 1 is 1.62 bits per heavy atom. The van der Waals surface area contributed by atoms with Crippen LogP contribution in [0.25, 0.3) is 0 Å². The summed E-state index contributed by atoms with van der Waals surface area (Å²) in [5, 5.41) is 1.23. The monoisotopic (exact) mass is 124 g/mol. The van der Waals surface area contributed by atoms with E-state index in [0.29, 0.717) is 0 Å². The molecule has 42 valence electrons. The molecule has 8 heavy (non-hydrogen) atoms. The Bertz CT molecular complexity index is 163. The zero-order valence-corrected chi connectivity index (χ0v) is 5.88. The van der Waals surface area contributed by atoms with Crippen LogP contribution in [-0.4, -0.2) is 0 Å². The van der Waals surface area contributed by atoms with Crippen molar-refractivity contribution >= 4 is 9.24 Å². The number of hydrogen-bond donors (Lipinski definition) is 0. The van der Waals surface area contributed by atoms with Gasteiger partial charge in [0.2, 0.25) is 0 Å². The van der Waals surface area contributed by atoms with Gasteiger partial charge in [0, 0.05) is 0 Å². The fraction of sp³-hybridized carbons (Fsp3) is 0.143. The molecule has 0 aromatic carbocycles. The maximum Gasteiger partial charge on any atom is -0.0156 e. The van der Waals surface area contributed by atoms with Crippen molar-refractivity contribution < 1.29 is 0 Å². The molecule has 1 unspecified atom stereocenters. The lowest BCUT2D eigenvalue weighted by Crippen LogP contribution is -1.79. The summed E-state index contributed by atoms with van der Waals surface area (Å²) in [5.74, 6) is 0. The summed E-state index contributed by atoms with van der Waals surface area (Å²) < 4.78 is 0. The van der Waals surface area contributed by atoms with Crippen molar-refractivity contribution in [2.24, 2.45) is 0 Å². The van der Waals surface area contributed by atoms with E-state index >= 15 is 0 Å². The van der Waals surface area contributed by atoms with Gasteiger partial charge in [-0.3, -0.25) is 0 Å². The van der Waals surface area contributed by atoms with Gasteiger partial charge in [0.05, 0.1) is 0 Å². The molecule has 0 fully saturated rings. The molecule has 1 heteroatoms. The van der Waals surface area contributed by atoms with Crippen molar-refractivity contribution in [2.75, 3.05) is 0 Å². The van der Waals surface area contributed by atoms with E-state index in [1.807, 2.05) is 6.08 Å². The zero-order chi connectivity index (χ0) is 5.98. The molecule has 1 aliphatic carbocycles. The minimum atomic E-state index is 1.05. The highest BCUT2D eigenvalue weighted by molar-refractivity contribution is 7.23. The molecule has 0 spiro atoms. The Morgan fingerprint density at radius 3 is 2.75 bits per heavy atom. The maximum absolute atomic E-state index is 3.82. The molecule has 0 aromatic rings. The summed E-state index contributed by atoms with van der Waals surface area (Å²) in [6.07, 6.45) is 7.35. The Morgan fingerprint density at radius 2 is 2.38 bits per heavy atom. The van der Waals surface area contributed by atoms with Gasteiger partial charge in [0.25, 0.3) is 0 Å². The molecule has 0 saturated carbocycles. The molecule has 1 atom stereocenters. The van der Waals surface area contributed by atoms with E-state index in [2.05, 4.69) is 28.0 Å². The third-order valence-electron chi connectivity index (χ3n) is 1.16. The van der Waals surface area contributed by atoms with Gasteiger partial charge >= 0.3 is 0 Å². The molecule has 0 radical (unpaired) electrons. The van der Waals surface area contributed by atoms with Crippen LogP contribution in [0, 0.1) is 0 Å². The van der Waals surface area contributed by atoms with Crippen LogP contribution < -0.4 is 0 Å². The third-order valence-corrected chi connectivity index (χ3v) is 1.77. The average molecular weight is 124 g/mol. The van der Waals surface area contributed by atoms with E-state index in [1.54, 1.807) is 0 Å². The van der Waals surface area contributed by atoms with Crippen LogP contribution in [0.4, 0.5) is 0 Å². The second-order valence-corrected chi connectivity index (χ2v) is 2.44. The van der Waals surface area contributed by atoms with Crippen LogP contribution in [0.2, 0.25) is 0 Å². The zero-order valence-electron chi connectivity index (χ0n) is 4.72. The van der Waals surface area contributed by atoms with E-state index < -0.39 is 0 Å².